The normalized spacial score (nSPS) is 29.1. The Morgan fingerprint density at radius 3 is 2.56 bits per heavy atom. The molecule has 0 spiro atoms. The molecule has 1 nitrogen and oxygen atoms in total. The minimum Gasteiger partial charge on any atom is -0.299 e. The van der Waals surface area contributed by atoms with E-state index in [0.29, 0.717) is 11.7 Å². The van der Waals surface area contributed by atoms with Gasteiger partial charge < -0.3 is 0 Å². The van der Waals surface area contributed by atoms with E-state index in [0.717, 1.165) is 25.7 Å². The first-order valence-electron chi connectivity index (χ1n) is 7.08. The third kappa shape index (κ3) is 3.34. The molecule has 0 aromatic heterocycles. The van der Waals surface area contributed by atoms with Gasteiger partial charge in [-0.1, -0.05) is 32.4 Å². The smallest absolute Gasteiger partial charge is 0.140 e. The predicted molar refractivity (Wildman–Crippen MR) is 78.4 cm³/mol. The summed E-state index contributed by atoms with van der Waals surface area (Å²) in [5.74, 6) is 1.34. The predicted octanol–water partition coefficient (Wildman–Crippen LogP) is 4.79. The van der Waals surface area contributed by atoms with Crippen molar-refractivity contribution >= 4 is 5.78 Å². The van der Waals surface area contributed by atoms with Gasteiger partial charge in [0.05, 0.1) is 0 Å². The Kier molecular flexibility index (Phi) is 4.95. The fraction of sp³-hybridized carbons (Fsp3) is 0.706. The first-order chi connectivity index (χ1) is 8.29. The Morgan fingerprint density at radius 1 is 1.44 bits per heavy atom. The van der Waals surface area contributed by atoms with Crippen LogP contribution in [0.5, 0.6) is 0 Å². The molecule has 0 unspecified atom stereocenters. The lowest BCUT2D eigenvalue weighted by Gasteiger charge is -2.41. The molecule has 0 N–H and O–H groups in total. The van der Waals surface area contributed by atoms with Crippen LogP contribution in [0.3, 0.4) is 0 Å². The molecule has 0 aliphatic heterocycles. The van der Waals surface area contributed by atoms with Gasteiger partial charge in [0.15, 0.2) is 0 Å². The van der Waals surface area contributed by atoms with Crippen molar-refractivity contribution in [3.05, 3.63) is 24.8 Å². The number of rotatable bonds is 5. The van der Waals surface area contributed by atoms with Gasteiger partial charge in [0.1, 0.15) is 5.78 Å². The molecule has 0 heterocycles. The van der Waals surface area contributed by atoms with Crippen molar-refractivity contribution < 1.29 is 4.79 Å². The van der Waals surface area contributed by atoms with Gasteiger partial charge in [-0.25, -0.2) is 0 Å². The molecule has 0 saturated heterocycles. The molecule has 0 radical (unpaired) electrons. The third-order valence-electron chi connectivity index (χ3n) is 4.43. The van der Waals surface area contributed by atoms with E-state index in [4.69, 9.17) is 0 Å². The van der Waals surface area contributed by atoms with Crippen molar-refractivity contribution in [1.29, 1.82) is 0 Å². The summed E-state index contributed by atoms with van der Waals surface area (Å²) in [5.41, 5.74) is 1.22. The molecule has 1 fully saturated rings. The van der Waals surface area contributed by atoms with Crippen molar-refractivity contribution in [1.82, 2.24) is 0 Å². The Morgan fingerprint density at radius 2 is 2.06 bits per heavy atom. The topological polar surface area (TPSA) is 17.1 Å². The monoisotopic (exact) mass is 248 g/mol. The van der Waals surface area contributed by atoms with Crippen LogP contribution in [0.2, 0.25) is 0 Å². The minimum absolute atomic E-state index is 0.0441. The summed E-state index contributed by atoms with van der Waals surface area (Å²) in [5, 5.41) is 0. The van der Waals surface area contributed by atoms with Gasteiger partial charge in [0, 0.05) is 11.8 Å². The highest BCUT2D eigenvalue weighted by atomic mass is 16.1. The lowest BCUT2D eigenvalue weighted by atomic mass is 9.62. The summed E-state index contributed by atoms with van der Waals surface area (Å²) in [6.45, 7) is 16.5. The zero-order chi connectivity index (χ0) is 13.9. The maximum Gasteiger partial charge on any atom is 0.140 e. The number of Topliss-reactive ketones (excluding diaryl/α,β-unsaturated/α-hetero) is 1. The SMILES string of the molecule is C=CC[C@@H]1C(=O)[C@H](C(C)(C)CC(=C)C)CC[C@H]1C. The summed E-state index contributed by atoms with van der Waals surface area (Å²) in [6.07, 6.45) is 5.87. The standard InChI is InChI=1S/C17H28O/c1-7-8-14-13(4)9-10-15(16(14)18)17(5,6)11-12(2)3/h7,13-15H,1-2,8-11H2,3-6H3/t13-,14+,15-/m1/s1. The zero-order valence-electron chi connectivity index (χ0n) is 12.5. The zero-order valence-corrected chi connectivity index (χ0v) is 12.5. The van der Waals surface area contributed by atoms with E-state index >= 15 is 0 Å². The van der Waals surface area contributed by atoms with Crippen LogP contribution in [0, 0.1) is 23.2 Å². The van der Waals surface area contributed by atoms with Crippen LogP contribution >= 0.6 is 0 Å². The molecule has 1 heteroatoms. The molecular weight excluding hydrogens is 220 g/mol. The van der Waals surface area contributed by atoms with E-state index in [1.807, 2.05) is 6.08 Å². The van der Waals surface area contributed by atoms with E-state index in [1.165, 1.54) is 5.57 Å². The highest BCUT2D eigenvalue weighted by molar-refractivity contribution is 5.85. The van der Waals surface area contributed by atoms with Gasteiger partial charge in [-0.05, 0) is 43.9 Å². The number of carbonyl (C=O) groups is 1. The Labute approximate surface area is 112 Å². The molecule has 1 saturated carbocycles. The molecule has 1 aliphatic rings. The molecule has 0 amide bonds. The average Bonchev–Trinajstić information content (AvgIpc) is 2.21. The quantitative estimate of drug-likeness (QED) is 0.639. The minimum atomic E-state index is 0.0441. The van der Waals surface area contributed by atoms with Crippen LogP contribution in [0.15, 0.2) is 24.8 Å². The number of ketones is 1. The van der Waals surface area contributed by atoms with Crippen LogP contribution in [-0.4, -0.2) is 5.78 Å². The fourth-order valence-corrected chi connectivity index (χ4v) is 3.52. The number of allylic oxidation sites excluding steroid dienone is 2. The van der Waals surface area contributed by atoms with E-state index in [9.17, 15) is 4.79 Å². The van der Waals surface area contributed by atoms with E-state index in [1.54, 1.807) is 0 Å². The van der Waals surface area contributed by atoms with Crippen molar-refractivity contribution in [3.8, 4) is 0 Å². The van der Waals surface area contributed by atoms with Gasteiger partial charge in [-0.3, -0.25) is 4.79 Å². The van der Waals surface area contributed by atoms with E-state index in [-0.39, 0.29) is 17.3 Å². The van der Waals surface area contributed by atoms with Crippen LogP contribution in [0.25, 0.3) is 0 Å². The second kappa shape index (κ2) is 5.86. The van der Waals surface area contributed by atoms with Gasteiger partial charge in [-0.2, -0.15) is 0 Å². The molecule has 0 bridgehead atoms. The van der Waals surface area contributed by atoms with Crippen molar-refractivity contribution in [2.75, 3.05) is 0 Å². The summed E-state index contributed by atoms with van der Waals surface area (Å²) in [7, 11) is 0. The van der Waals surface area contributed by atoms with Crippen LogP contribution < -0.4 is 0 Å². The maximum atomic E-state index is 12.7. The maximum absolute atomic E-state index is 12.7. The molecule has 102 valence electrons. The number of carbonyl (C=O) groups excluding carboxylic acids is 1. The Balaban J connectivity index is 2.87. The highest BCUT2D eigenvalue weighted by Gasteiger charge is 2.42. The highest BCUT2D eigenvalue weighted by Crippen LogP contribution is 2.44. The Bertz CT molecular complexity index is 338. The molecule has 1 aliphatic carbocycles. The third-order valence-corrected chi connectivity index (χ3v) is 4.43. The summed E-state index contributed by atoms with van der Waals surface area (Å²) in [6, 6.07) is 0. The van der Waals surface area contributed by atoms with Crippen molar-refractivity contribution in [3.63, 3.8) is 0 Å². The van der Waals surface area contributed by atoms with E-state index < -0.39 is 0 Å². The van der Waals surface area contributed by atoms with Crippen LogP contribution in [-0.2, 0) is 4.79 Å². The molecule has 1 rings (SSSR count). The largest absolute Gasteiger partial charge is 0.299 e. The average molecular weight is 248 g/mol. The lowest BCUT2D eigenvalue weighted by molar-refractivity contribution is -0.135. The lowest BCUT2D eigenvalue weighted by Crippen LogP contribution is -2.41. The molecule has 18 heavy (non-hydrogen) atoms. The Hall–Kier alpha value is -0.850. The second-order valence-corrected chi connectivity index (χ2v) is 6.76. The van der Waals surface area contributed by atoms with Crippen molar-refractivity contribution in [2.24, 2.45) is 23.2 Å². The fourth-order valence-electron chi connectivity index (χ4n) is 3.52. The van der Waals surface area contributed by atoms with Crippen molar-refractivity contribution in [2.45, 2.75) is 53.4 Å². The van der Waals surface area contributed by atoms with Crippen LogP contribution in [0.4, 0.5) is 0 Å². The first-order valence-corrected chi connectivity index (χ1v) is 7.08. The van der Waals surface area contributed by atoms with E-state index in [2.05, 4.69) is 40.9 Å². The first kappa shape index (κ1) is 15.2. The van der Waals surface area contributed by atoms with Crippen LogP contribution in [0.1, 0.15) is 53.4 Å². The molecular formula is C17H28O. The summed E-state index contributed by atoms with van der Waals surface area (Å²) < 4.78 is 0. The van der Waals surface area contributed by atoms with Gasteiger partial charge in [0.2, 0.25) is 0 Å². The summed E-state index contributed by atoms with van der Waals surface area (Å²) >= 11 is 0. The molecule has 3 atom stereocenters. The van der Waals surface area contributed by atoms with Gasteiger partial charge in [0.25, 0.3) is 0 Å². The van der Waals surface area contributed by atoms with Gasteiger partial charge >= 0.3 is 0 Å². The molecule has 0 aromatic rings. The van der Waals surface area contributed by atoms with Gasteiger partial charge in [-0.15, -0.1) is 13.2 Å². The second-order valence-electron chi connectivity index (χ2n) is 6.76. The number of hydrogen-bond acceptors (Lipinski definition) is 1. The molecule has 0 aromatic carbocycles. The summed E-state index contributed by atoms with van der Waals surface area (Å²) in [4.78, 5) is 12.7. The number of hydrogen-bond donors (Lipinski definition) is 0.